The molecule has 0 saturated heterocycles. The first-order valence-electron chi connectivity index (χ1n) is 10.1. The number of aromatic nitrogens is 1. The number of thiazole rings is 1. The summed E-state index contributed by atoms with van der Waals surface area (Å²) < 4.78 is 5.41. The molecule has 0 atom stereocenters. The number of amides is 2. The summed E-state index contributed by atoms with van der Waals surface area (Å²) in [6.45, 7) is 0.0171. The highest BCUT2D eigenvalue weighted by molar-refractivity contribution is 7.14. The van der Waals surface area contributed by atoms with Crippen LogP contribution in [0.1, 0.15) is 17.0 Å². The Morgan fingerprint density at radius 3 is 2.38 bits per heavy atom. The van der Waals surface area contributed by atoms with Crippen LogP contribution in [0, 0.1) is 0 Å². The van der Waals surface area contributed by atoms with Crippen LogP contribution >= 0.6 is 11.3 Å². The minimum Gasteiger partial charge on any atom is -0.482 e. The van der Waals surface area contributed by atoms with E-state index in [-0.39, 0.29) is 18.4 Å². The van der Waals surface area contributed by atoms with Gasteiger partial charge >= 0.3 is 0 Å². The van der Waals surface area contributed by atoms with Crippen LogP contribution in [0.3, 0.4) is 0 Å². The fourth-order valence-electron chi connectivity index (χ4n) is 3.67. The number of rotatable bonds is 5. The van der Waals surface area contributed by atoms with E-state index < -0.39 is 5.92 Å². The predicted octanol–water partition coefficient (Wildman–Crippen LogP) is 4.91. The molecular formula is C25H19N3O3S. The Morgan fingerprint density at radius 2 is 1.69 bits per heavy atom. The van der Waals surface area contributed by atoms with E-state index >= 15 is 0 Å². The van der Waals surface area contributed by atoms with Crippen molar-refractivity contribution in [3.8, 4) is 17.0 Å². The quantitative estimate of drug-likeness (QED) is 0.461. The molecule has 2 N–H and O–H groups in total. The number of fused-ring (bicyclic) bond motifs is 1. The SMILES string of the molecule is O=C1COc2ccc(-c3csc(NC(=O)C(c4ccccc4)c4ccccc4)n3)cc2N1. The first-order chi connectivity index (χ1) is 15.7. The second-order valence-electron chi connectivity index (χ2n) is 7.33. The molecule has 0 unspecified atom stereocenters. The van der Waals surface area contributed by atoms with Crippen molar-refractivity contribution < 1.29 is 14.3 Å². The normalized spacial score (nSPS) is 12.6. The van der Waals surface area contributed by atoms with Crippen molar-refractivity contribution in [2.24, 2.45) is 0 Å². The van der Waals surface area contributed by atoms with Crippen molar-refractivity contribution in [3.63, 3.8) is 0 Å². The van der Waals surface area contributed by atoms with Gasteiger partial charge in [0.15, 0.2) is 11.7 Å². The van der Waals surface area contributed by atoms with Crippen molar-refractivity contribution in [2.45, 2.75) is 5.92 Å². The molecule has 1 aliphatic heterocycles. The fraction of sp³-hybridized carbons (Fsp3) is 0.0800. The van der Waals surface area contributed by atoms with Gasteiger partial charge in [-0.2, -0.15) is 0 Å². The highest BCUT2D eigenvalue weighted by Crippen LogP contribution is 2.34. The Labute approximate surface area is 188 Å². The second kappa shape index (κ2) is 8.64. The third-order valence-electron chi connectivity index (χ3n) is 5.17. The summed E-state index contributed by atoms with van der Waals surface area (Å²) in [5, 5.41) is 8.17. The number of carbonyl (C=O) groups excluding carboxylic acids is 2. The summed E-state index contributed by atoms with van der Waals surface area (Å²) in [4.78, 5) is 29.5. The summed E-state index contributed by atoms with van der Waals surface area (Å²) >= 11 is 1.36. The van der Waals surface area contributed by atoms with Crippen LogP contribution in [0.2, 0.25) is 0 Å². The van der Waals surface area contributed by atoms with Crippen LogP contribution in [0.15, 0.2) is 84.2 Å². The van der Waals surface area contributed by atoms with Gasteiger partial charge in [0.2, 0.25) is 5.91 Å². The summed E-state index contributed by atoms with van der Waals surface area (Å²) in [7, 11) is 0. The van der Waals surface area contributed by atoms with Gasteiger partial charge in [-0.15, -0.1) is 11.3 Å². The van der Waals surface area contributed by atoms with Crippen molar-refractivity contribution in [1.29, 1.82) is 0 Å². The molecular weight excluding hydrogens is 422 g/mol. The van der Waals surface area contributed by atoms with Gasteiger partial charge in [-0.05, 0) is 29.3 Å². The maximum Gasteiger partial charge on any atom is 0.262 e. The molecule has 5 rings (SSSR count). The van der Waals surface area contributed by atoms with Crippen LogP contribution < -0.4 is 15.4 Å². The van der Waals surface area contributed by atoms with E-state index in [2.05, 4.69) is 15.6 Å². The average Bonchev–Trinajstić information content (AvgIpc) is 3.28. The smallest absolute Gasteiger partial charge is 0.262 e. The molecule has 32 heavy (non-hydrogen) atoms. The molecule has 0 spiro atoms. The van der Waals surface area contributed by atoms with Crippen LogP contribution in [0.5, 0.6) is 5.75 Å². The first-order valence-corrected chi connectivity index (χ1v) is 11.0. The molecule has 0 bridgehead atoms. The monoisotopic (exact) mass is 441 g/mol. The van der Waals surface area contributed by atoms with Gasteiger partial charge in [0, 0.05) is 10.9 Å². The minimum atomic E-state index is -0.444. The third kappa shape index (κ3) is 4.10. The van der Waals surface area contributed by atoms with E-state index in [0.29, 0.717) is 22.3 Å². The molecule has 0 aliphatic carbocycles. The lowest BCUT2D eigenvalue weighted by molar-refractivity contribution is -0.118. The number of benzene rings is 3. The zero-order chi connectivity index (χ0) is 21.9. The second-order valence-corrected chi connectivity index (χ2v) is 8.19. The highest BCUT2D eigenvalue weighted by Gasteiger charge is 2.24. The molecule has 158 valence electrons. The Bertz CT molecular complexity index is 1230. The van der Waals surface area contributed by atoms with Crippen LogP contribution in [0.25, 0.3) is 11.3 Å². The van der Waals surface area contributed by atoms with Crippen LogP contribution in [-0.4, -0.2) is 23.4 Å². The topological polar surface area (TPSA) is 80.3 Å². The maximum absolute atomic E-state index is 13.3. The molecule has 0 radical (unpaired) electrons. The molecule has 2 heterocycles. The number of anilines is 2. The van der Waals surface area contributed by atoms with Crippen LogP contribution in [-0.2, 0) is 9.59 Å². The van der Waals surface area contributed by atoms with Crippen molar-refractivity contribution in [3.05, 3.63) is 95.4 Å². The predicted molar refractivity (Wildman–Crippen MR) is 125 cm³/mol. The van der Waals surface area contributed by atoms with Gasteiger partial charge in [-0.1, -0.05) is 60.7 Å². The van der Waals surface area contributed by atoms with Gasteiger partial charge in [0.05, 0.1) is 17.3 Å². The van der Waals surface area contributed by atoms with Crippen molar-refractivity contribution in [1.82, 2.24) is 4.98 Å². The lowest BCUT2D eigenvalue weighted by Crippen LogP contribution is -2.25. The molecule has 4 aromatic rings. The molecule has 0 saturated carbocycles. The van der Waals surface area contributed by atoms with Gasteiger partial charge in [-0.3, -0.25) is 9.59 Å². The minimum absolute atomic E-state index is 0.0171. The van der Waals surface area contributed by atoms with E-state index in [1.54, 1.807) is 0 Å². The number of nitrogens with one attached hydrogen (secondary N) is 2. The molecule has 6 nitrogen and oxygen atoms in total. The Hall–Kier alpha value is -3.97. The van der Waals surface area contributed by atoms with E-state index in [1.807, 2.05) is 84.2 Å². The number of ether oxygens (including phenoxy) is 1. The van der Waals surface area contributed by atoms with Gasteiger partial charge in [-0.25, -0.2) is 4.98 Å². The highest BCUT2D eigenvalue weighted by atomic mass is 32.1. The number of carbonyl (C=O) groups is 2. The number of hydrogen-bond donors (Lipinski definition) is 2. The summed E-state index contributed by atoms with van der Waals surface area (Å²) in [6, 6.07) is 24.9. The van der Waals surface area contributed by atoms with Crippen molar-refractivity contribution >= 4 is 34.0 Å². The molecule has 3 aromatic carbocycles. The summed E-state index contributed by atoms with van der Waals surface area (Å²) in [6.07, 6.45) is 0. The largest absolute Gasteiger partial charge is 0.482 e. The Morgan fingerprint density at radius 1 is 1.00 bits per heavy atom. The standard InChI is InChI=1S/C25H19N3O3S/c29-22-14-31-21-12-11-18(13-19(21)26-22)20-15-32-25(27-20)28-24(30)23(16-7-3-1-4-8-16)17-9-5-2-6-10-17/h1-13,15,23H,14H2,(H,26,29)(H,27,28,30). The lowest BCUT2D eigenvalue weighted by Gasteiger charge is -2.18. The van der Waals surface area contributed by atoms with Gasteiger partial charge < -0.3 is 15.4 Å². The number of nitrogens with zero attached hydrogens (tertiary/aromatic N) is 1. The van der Waals surface area contributed by atoms with E-state index in [4.69, 9.17) is 4.74 Å². The maximum atomic E-state index is 13.3. The molecule has 0 fully saturated rings. The average molecular weight is 442 g/mol. The third-order valence-corrected chi connectivity index (χ3v) is 5.93. The first kappa shape index (κ1) is 20.0. The lowest BCUT2D eigenvalue weighted by atomic mass is 9.90. The summed E-state index contributed by atoms with van der Waals surface area (Å²) in [5.41, 5.74) is 3.99. The molecule has 1 aliphatic rings. The van der Waals surface area contributed by atoms with Gasteiger partial charge in [0.25, 0.3) is 5.91 Å². The van der Waals surface area contributed by atoms with E-state index in [9.17, 15) is 9.59 Å². The zero-order valence-electron chi connectivity index (χ0n) is 16.9. The van der Waals surface area contributed by atoms with Gasteiger partial charge in [0.1, 0.15) is 5.75 Å². The fourth-order valence-corrected chi connectivity index (χ4v) is 4.39. The van der Waals surface area contributed by atoms with E-state index in [1.165, 1.54) is 11.3 Å². The molecule has 2 amide bonds. The number of hydrogen-bond acceptors (Lipinski definition) is 5. The zero-order valence-corrected chi connectivity index (χ0v) is 17.8. The van der Waals surface area contributed by atoms with E-state index in [0.717, 1.165) is 16.7 Å². The molecule has 1 aromatic heterocycles. The molecule has 7 heteroatoms. The Kier molecular flexibility index (Phi) is 5.39. The summed E-state index contributed by atoms with van der Waals surface area (Å²) in [5.74, 6) is -0.144. The Balaban J connectivity index is 1.39. The van der Waals surface area contributed by atoms with Crippen LogP contribution in [0.4, 0.5) is 10.8 Å². The van der Waals surface area contributed by atoms with Crippen molar-refractivity contribution in [2.75, 3.05) is 17.2 Å².